The number of Topliss-reactive ketones (excluding diaryl/α,β-unsaturated/α-hetero) is 1. The lowest BCUT2D eigenvalue weighted by molar-refractivity contribution is -0.131. The van der Waals surface area contributed by atoms with Gasteiger partial charge in [0.15, 0.2) is 5.78 Å². The third-order valence-corrected chi connectivity index (χ3v) is 4.10. The molecule has 0 aromatic carbocycles. The van der Waals surface area contributed by atoms with E-state index in [1.54, 1.807) is 20.8 Å². The minimum atomic E-state index is -1.03. The van der Waals surface area contributed by atoms with E-state index in [0.717, 1.165) is 0 Å². The largest absolute Gasteiger partial charge is 0.444 e. The molecule has 0 aromatic heterocycles. The normalized spacial score (nSPS) is 34.7. The van der Waals surface area contributed by atoms with Crippen LogP contribution in [0.4, 0.5) is 4.79 Å². The quantitative estimate of drug-likeness (QED) is 0.612. The van der Waals surface area contributed by atoms with E-state index in [0.29, 0.717) is 0 Å². The van der Waals surface area contributed by atoms with Gasteiger partial charge in [-0.15, -0.1) is 0 Å². The van der Waals surface area contributed by atoms with E-state index in [2.05, 4.69) is 0 Å². The van der Waals surface area contributed by atoms with Crippen LogP contribution < -0.4 is 0 Å². The fourth-order valence-electron chi connectivity index (χ4n) is 3.09. The fourth-order valence-corrected chi connectivity index (χ4v) is 3.09. The first kappa shape index (κ1) is 18.1. The molecule has 2 fully saturated rings. The van der Waals surface area contributed by atoms with E-state index in [9.17, 15) is 24.9 Å². The Morgan fingerprint density at radius 2 is 1.91 bits per heavy atom. The van der Waals surface area contributed by atoms with Gasteiger partial charge in [-0.1, -0.05) is 0 Å². The Balaban J connectivity index is 2.23. The van der Waals surface area contributed by atoms with Crippen LogP contribution in [0, 0.1) is 5.92 Å². The summed E-state index contributed by atoms with van der Waals surface area (Å²) in [5, 5.41) is 28.8. The molecule has 2 aliphatic heterocycles. The number of ketones is 1. The zero-order valence-electron chi connectivity index (χ0n) is 13.6. The van der Waals surface area contributed by atoms with Gasteiger partial charge in [0.05, 0.1) is 18.8 Å². The van der Waals surface area contributed by atoms with Gasteiger partial charge in [0, 0.05) is 12.5 Å². The summed E-state index contributed by atoms with van der Waals surface area (Å²) in [6.07, 6.45) is -3.13. The van der Waals surface area contributed by atoms with Crippen molar-refractivity contribution in [3.05, 3.63) is 0 Å². The number of rotatable bonds is 2. The molecule has 0 unspecified atom stereocenters. The minimum absolute atomic E-state index is 0.125. The maximum Gasteiger partial charge on any atom is 0.411 e. The SMILES string of the molecule is CC(C)(C)OC(=O)N1C[C@@H]2C[C@@H](O)[C@@H](O)CO[C@H]2[C@H]1C(=O)CO. The molecule has 3 N–H and O–H groups in total. The molecule has 23 heavy (non-hydrogen) atoms. The highest BCUT2D eigenvalue weighted by molar-refractivity contribution is 5.89. The topological polar surface area (TPSA) is 117 Å². The van der Waals surface area contributed by atoms with Gasteiger partial charge >= 0.3 is 6.09 Å². The van der Waals surface area contributed by atoms with Crippen molar-refractivity contribution in [3.8, 4) is 0 Å². The predicted octanol–water partition coefficient (Wildman–Crippen LogP) is -0.706. The van der Waals surface area contributed by atoms with Crippen LogP contribution in [0.1, 0.15) is 27.2 Å². The van der Waals surface area contributed by atoms with Crippen LogP contribution in [0.15, 0.2) is 0 Å². The summed E-state index contributed by atoms with van der Waals surface area (Å²) >= 11 is 0. The molecule has 2 rings (SSSR count). The molecule has 132 valence electrons. The maximum absolute atomic E-state index is 12.4. The van der Waals surface area contributed by atoms with Crippen molar-refractivity contribution in [1.82, 2.24) is 4.90 Å². The monoisotopic (exact) mass is 331 g/mol. The van der Waals surface area contributed by atoms with Crippen molar-refractivity contribution in [1.29, 1.82) is 0 Å². The van der Waals surface area contributed by atoms with Crippen LogP contribution >= 0.6 is 0 Å². The summed E-state index contributed by atoms with van der Waals surface area (Å²) < 4.78 is 10.9. The molecular formula is C15H25NO7. The number of carbonyl (C=O) groups is 2. The Kier molecular flexibility index (Phi) is 5.30. The first-order valence-electron chi connectivity index (χ1n) is 7.75. The van der Waals surface area contributed by atoms with Crippen molar-refractivity contribution in [2.24, 2.45) is 5.92 Å². The van der Waals surface area contributed by atoms with Gasteiger partial charge in [-0.25, -0.2) is 4.79 Å². The molecule has 2 aliphatic rings. The van der Waals surface area contributed by atoms with Crippen molar-refractivity contribution in [2.45, 2.75) is 57.1 Å². The number of amides is 1. The molecule has 0 aromatic rings. The molecule has 0 saturated carbocycles. The van der Waals surface area contributed by atoms with Crippen LogP contribution in [0.3, 0.4) is 0 Å². The van der Waals surface area contributed by atoms with Crippen molar-refractivity contribution in [3.63, 3.8) is 0 Å². The number of hydrogen-bond donors (Lipinski definition) is 3. The van der Waals surface area contributed by atoms with Gasteiger partial charge in [-0.2, -0.15) is 0 Å². The highest BCUT2D eigenvalue weighted by Gasteiger charge is 2.51. The number of likely N-dealkylation sites (tertiary alicyclic amines) is 1. The molecule has 0 spiro atoms. The van der Waals surface area contributed by atoms with Crippen LogP contribution in [-0.2, 0) is 14.3 Å². The highest BCUT2D eigenvalue weighted by atomic mass is 16.6. The standard InChI is InChI=1S/C15H25NO7/c1-15(2,3)23-14(21)16-5-8-4-9(18)11(20)7-22-13(8)12(16)10(19)6-17/h8-9,11-13,17-18,20H,4-7H2,1-3H3/t8-,9+,11-,12+,13+/m0/s1. The lowest BCUT2D eigenvalue weighted by Gasteiger charge is -2.29. The first-order chi connectivity index (χ1) is 10.6. The van der Waals surface area contributed by atoms with Crippen LogP contribution in [0.5, 0.6) is 0 Å². The number of carbonyl (C=O) groups excluding carboxylic acids is 2. The summed E-state index contributed by atoms with van der Waals surface area (Å²) in [6, 6.07) is -0.975. The van der Waals surface area contributed by atoms with Crippen LogP contribution in [0.25, 0.3) is 0 Å². The third kappa shape index (κ3) is 4.00. The second-order valence-corrected chi connectivity index (χ2v) is 7.13. The third-order valence-electron chi connectivity index (χ3n) is 4.10. The molecule has 0 radical (unpaired) electrons. The molecule has 8 heteroatoms. The van der Waals surface area contributed by atoms with E-state index in [-0.39, 0.29) is 25.5 Å². The predicted molar refractivity (Wildman–Crippen MR) is 78.7 cm³/mol. The highest BCUT2D eigenvalue weighted by Crippen LogP contribution is 2.34. The van der Waals surface area contributed by atoms with Crippen molar-refractivity contribution >= 4 is 11.9 Å². The molecule has 2 heterocycles. The molecular weight excluding hydrogens is 306 g/mol. The summed E-state index contributed by atoms with van der Waals surface area (Å²) in [6.45, 7) is 4.48. The van der Waals surface area contributed by atoms with Gasteiger partial charge in [0.25, 0.3) is 0 Å². The average molecular weight is 331 g/mol. The molecule has 0 aliphatic carbocycles. The zero-order chi connectivity index (χ0) is 17.4. The second-order valence-electron chi connectivity index (χ2n) is 7.13. The summed E-state index contributed by atoms with van der Waals surface area (Å²) in [7, 11) is 0. The molecule has 5 atom stereocenters. The summed E-state index contributed by atoms with van der Waals surface area (Å²) in [4.78, 5) is 25.7. The van der Waals surface area contributed by atoms with Gasteiger partial charge in [-0.3, -0.25) is 9.69 Å². The number of fused-ring (bicyclic) bond motifs is 1. The van der Waals surface area contributed by atoms with Crippen LogP contribution in [0.2, 0.25) is 0 Å². The van der Waals surface area contributed by atoms with Crippen LogP contribution in [-0.4, -0.2) is 81.8 Å². The Morgan fingerprint density at radius 3 is 2.48 bits per heavy atom. The molecule has 8 nitrogen and oxygen atoms in total. The number of hydrogen-bond acceptors (Lipinski definition) is 7. The fraction of sp³-hybridized carbons (Fsp3) is 0.867. The average Bonchev–Trinajstić information content (AvgIpc) is 2.74. The van der Waals surface area contributed by atoms with Crippen molar-refractivity contribution in [2.75, 3.05) is 19.8 Å². The molecule has 1 amide bonds. The Morgan fingerprint density at radius 1 is 1.26 bits per heavy atom. The van der Waals surface area contributed by atoms with E-state index >= 15 is 0 Å². The number of nitrogens with zero attached hydrogens (tertiary/aromatic N) is 1. The second kappa shape index (κ2) is 6.72. The summed E-state index contributed by atoms with van der Waals surface area (Å²) in [5.74, 6) is -0.857. The van der Waals surface area contributed by atoms with Gasteiger partial charge in [0.2, 0.25) is 0 Å². The zero-order valence-corrected chi connectivity index (χ0v) is 13.6. The lowest BCUT2D eigenvalue weighted by Crippen LogP contribution is -2.49. The van der Waals surface area contributed by atoms with E-state index < -0.39 is 48.4 Å². The number of aliphatic hydroxyl groups is 3. The smallest absolute Gasteiger partial charge is 0.411 e. The van der Waals surface area contributed by atoms with Gasteiger partial charge < -0.3 is 24.8 Å². The van der Waals surface area contributed by atoms with Crippen molar-refractivity contribution < 1.29 is 34.4 Å². The maximum atomic E-state index is 12.4. The Labute approximate surface area is 135 Å². The van der Waals surface area contributed by atoms with E-state index in [4.69, 9.17) is 9.47 Å². The lowest BCUT2D eigenvalue weighted by atomic mass is 9.93. The first-order valence-corrected chi connectivity index (χ1v) is 7.75. The van der Waals surface area contributed by atoms with E-state index in [1.165, 1.54) is 4.90 Å². The van der Waals surface area contributed by atoms with Gasteiger partial charge in [-0.05, 0) is 27.2 Å². The summed E-state index contributed by atoms with van der Waals surface area (Å²) in [5.41, 5.74) is -0.717. The van der Waals surface area contributed by atoms with E-state index in [1.807, 2.05) is 0 Å². The number of aliphatic hydroxyl groups excluding tert-OH is 3. The molecule has 2 saturated heterocycles. The Hall–Kier alpha value is -1.22. The molecule has 0 bridgehead atoms. The minimum Gasteiger partial charge on any atom is -0.444 e. The van der Waals surface area contributed by atoms with Gasteiger partial charge in [0.1, 0.15) is 24.4 Å². The number of ether oxygens (including phenoxy) is 2. The Bertz CT molecular complexity index is 461.